The van der Waals surface area contributed by atoms with Gasteiger partial charge in [-0.2, -0.15) is 0 Å². The first-order chi connectivity index (χ1) is 14.9. The van der Waals surface area contributed by atoms with E-state index in [1.807, 2.05) is 44.2 Å². The predicted octanol–water partition coefficient (Wildman–Crippen LogP) is 4.72. The van der Waals surface area contributed by atoms with E-state index < -0.39 is 0 Å². The van der Waals surface area contributed by atoms with Crippen LogP contribution in [0.25, 0.3) is 33.6 Å². The van der Waals surface area contributed by atoms with Crippen LogP contribution in [0.5, 0.6) is 0 Å². The number of carbonyl (C=O) groups is 1. The second-order valence-electron chi connectivity index (χ2n) is 8.55. The summed E-state index contributed by atoms with van der Waals surface area (Å²) in [7, 11) is 0. The smallest absolute Gasteiger partial charge is 0.248 e. The third-order valence-electron chi connectivity index (χ3n) is 5.89. The summed E-state index contributed by atoms with van der Waals surface area (Å²) < 4.78 is 19.5. The van der Waals surface area contributed by atoms with Gasteiger partial charge < -0.3 is 9.73 Å². The van der Waals surface area contributed by atoms with E-state index in [4.69, 9.17) is 9.40 Å². The molecule has 1 fully saturated rings. The lowest BCUT2D eigenvalue weighted by Gasteiger charge is -2.35. The third kappa shape index (κ3) is 3.56. The highest BCUT2D eigenvalue weighted by atomic mass is 19.1. The number of aromatic nitrogens is 3. The van der Waals surface area contributed by atoms with Gasteiger partial charge in [-0.15, -0.1) is 10.2 Å². The molecule has 1 amide bonds. The van der Waals surface area contributed by atoms with Crippen molar-refractivity contribution in [3.05, 3.63) is 66.3 Å². The number of pyridine rings is 1. The first kappa shape index (κ1) is 19.4. The quantitative estimate of drug-likeness (QED) is 0.523. The summed E-state index contributed by atoms with van der Waals surface area (Å²) in [6.07, 6.45) is 0.405. The first-order valence-electron chi connectivity index (χ1n) is 10.2. The van der Waals surface area contributed by atoms with Crippen LogP contribution in [0.15, 0.2) is 59.0 Å². The van der Waals surface area contributed by atoms with Crippen LogP contribution < -0.4 is 5.32 Å². The summed E-state index contributed by atoms with van der Waals surface area (Å²) in [5.41, 5.74) is 2.75. The minimum atomic E-state index is -0.298. The van der Waals surface area contributed by atoms with Crippen molar-refractivity contribution in [3.63, 3.8) is 0 Å². The Labute approximate surface area is 178 Å². The Bertz CT molecular complexity index is 1280. The van der Waals surface area contributed by atoms with Crippen LogP contribution in [0.1, 0.15) is 32.1 Å². The van der Waals surface area contributed by atoms with Crippen LogP contribution in [0.4, 0.5) is 4.39 Å². The number of carbonyl (C=O) groups excluding carboxylic acids is 1. The topological polar surface area (TPSA) is 80.9 Å². The van der Waals surface area contributed by atoms with E-state index in [0.29, 0.717) is 30.4 Å². The maximum Gasteiger partial charge on any atom is 0.248 e. The van der Waals surface area contributed by atoms with E-state index in [9.17, 15) is 9.18 Å². The average molecular weight is 416 g/mol. The number of fused-ring (bicyclic) bond motifs is 1. The van der Waals surface area contributed by atoms with Crippen LogP contribution in [0.3, 0.4) is 0 Å². The van der Waals surface area contributed by atoms with Gasteiger partial charge in [0.15, 0.2) is 0 Å². The molecule has 5 rings (SSSR count). The number of rotatable bonds is 3. The van der Waals surface area contributed by atoms with Crippen molar-refractivity contribution in [2.45, 2.75) is 26.2 Å². The van der Waals surface area contributed by atoms with Crippen molar-refractivity contribution in [2.24, 2.45) is 5.41 Å². The summed E-state index contributed by atoms with van der Waals surface area (Å²) in [4.78, 5) is 16.5. The normalized spacial score (nSPS) is 18.2. The van der Waals surface area contributed by atoms with Crippen LogP contribution in [0, 0.1) is 11.2 Å². The largest absolute Gasteiger partial charge is 0.420 e. The fourth-order valence-corrected chi connectivity index (χ4v) is 4.12. The highest BCUT2D eigenvalue weighted by molar-refractivity contribution is 5.94. The zero-order valence-electron chi connectivity index (χ0n) is 17.2. The molecule has 1 atom stereocenters. The van der Waals surface area contributed by atoms with Crippen LogP contribution in [-0.4, -0.2) is 27.6 Å². The van der Waals surface area contributed by atoms with Gasteiger partial charge in [-0.25, -0.2) is 9.37 Å². The molecule has 2 aromatic heterocycles. The minimum Gasteiger partial charge on any atom is -0.420 e. The van der Waals surface area contributed by atoms with Gasteiger partial charge in [0.2, 0.25) is 17.7 Å². The number of nitrogens with one attached hydrogen (secondary N) is 1. The molecular weight excluding hydrogens is 395 g/mol. The Kier molecular flexibility index (Phi) is 4.54. The molecule has 7 heteroatoms. The maximum absolute atomic E-state index is 13.4. The van der Waals surface area contributed by atoms with Gasteiger partial charge in [0.1, 0.15) is 5.82 Å². The molecule has 4 aromatic rings. The standard InChI is InChI=1S/C24H21FN4O2/c1-24(2)12-21(30)26-13-18(24)23-29-28-22(31-23)17-11-20(14-7-9-15(25)10-8-14)27-19-6-4-3-5-16(17)19/h3-11,18H,12-13H2,1-2H3,(H,26,30). The molecule has 0 radical (unpaired) electrons. The second kappa shape index (κ2) is 7.27. The Hall–Kier alpha value is -3.61. The summed E-state index contributed by atoms with van der Waals surface area (Å²) in [6, 6.07) is 15.8. The number of nitrogens with zero attached hydrogens (tertiary/aromatic N) is 3. The summed E-state index contributed by atoms with van der Waals surface area (Å²) in [5, 5.41) is 12.4. The predicted molar refractivity (Wildman–Crippen MR) is 115 cm³/mol. The Morgan fingerprint density at radius 2 is 1.87 bits per heavy atom. The zero-order chi connectivity index (χ0) is 21.6. The molecule has 3 heterocycles. The molecule has 0 saturated carbocycles. The second-order valence-corrected chi connectivity index (χ2v) is 8.55. The van der Waals surface area contributed by atoms with Crippen molar-refractivity contribution in [1.29, 1.82) is 0 Å². The van der Waals surface area contributed by atoms with E-state index in [2.05, 4.69) is 15.5 Å². The molecule has 1 aliphatic rings. The molecule has 1 aliphatic heterocycles. The molecule has 156 valence electrons. The molecule has 1 N–H and O–H groups in total. The molecule has 1 saturated heterocycles. The summed E-state index contributed by atoms with van der Waals surface area (Å²) in [5.74, 6) is 0.559. The number of para-hydroxylation sites is 1. The van der Waals surface area contributed by atoms with Crippen molar-refractivity contribution >= 4 is 16.8 Å². The lowest BCUT2D eigenvalue weighted by Crippen LogP contribution is -2.44. The van der Waals surface area contributed by atoms with E-state index >= 15 is 0 Å². The lowest BCUT2D eigenvalue weighted by molar-refractivity contribution is -0.125. The van der Waals surface area contributed by atoms with Crippen molar-refractivity contribution in [1.82, 2.24) is 20.5 Å². The monoisotopic (exact) mass is 416 g/mol. The van der Waals surface area contributed by atoms with E-state index in [1.54, 1.807) is 12.1 Å². The SMILES string of the molecule is CC1(C)CC(=O)NCC1c1nnc(-c2cc(-c3ccc(F)cc3)nc3ccccc23)o1. The minimum absolute atomic E-state index is 0.0325. The number of hydrogen-bond donors (Lipinski definition) is 1. The van der Waals surface area contributed by atoms with Gasteiger partial charge in [0, 0.05) is 23.9 Å². The average Bonchev–Trinajstić information content (AvgIpc) is 3.22. The van der Waals surface area contributed by atoms with Crippen LogP contribution in [0.2, 0.25) is 0 Å². The van der Waals surface area contributed by atoms with E-state index in [1.165, 1.54) is 12.1 Å². The van der Waals surface area contributed by atoms with Crippen molar-refractivity contribution in [3.8, 4) is 22.7 Å². The molecule has 0 spiro atoms. The molecule has 6 nitrogen and oxygen atoms in total. The van der Waals surface area contributed by atoms with Gasteiger partial charge in [-0.05, 0) is 41.8 Å². The first-order valence-corrected chi connectivity index (χ1v) is 10.2. The molecule has 31 heavy (non-hydrogen) atoms. The lowest BCUT2D eigenvalue weighted by atomic mass is 9.73. The Morgan fingerprint density at radius 3 is 2.65 bits per heavy atom. The van der Waals surface area contributed by atoms with Gasteiger partial charge >= 0.3 is 0 Å². The third-order valence-corrected chi connectivity index (χ3v) is 5.89. The maximum atomic E-state index is 13.4. The van der Waals surface area contributed by atoms with E-state index in [0.717, 1.165) is 22.0 Å². The fraction of sp³-hybridized carbons (Fsp3) is 0.250. The molecule has 0 bridgehead atoms. The molecular formula is C24H21FN4O2. The van der Waals surface area contributed by atoms with Crippen molar-refractivity contribution in [2.75, 3.05) is 6.54 Å². The molecule has 2 aromatic carbocycles. The van der Waals surface area contributed by atoms with Crippen molar-refractivity contribution < 1.29 is 13.6 Å². The number of benzene rings is 2. The van der Waals surface area contributed by atoms with Crippen LogP contribution in [-0.2, 0) is 4.79 Å². The number of piperidine rings is 1. The van der Waals surface area contributed by atoms with Gasteiger partial charge in [-0.3, -0.25) is 4.79 Å². The summed E-state index contributed by atoms with van der Waals surface area (Å²) >= 11 is 0. The summed E-state index contributed by atoms with van der Waals surface area (Å²) in [6.45, 7) is 4.54. The van der Waals surface area contributed by atoms with E-state index in [-0.39, 0.29) is 23.1 Å². The molecule has 0 aliphatic carbocycles. The number of halogens is 1. The highest BCUT2D eigenvalue weighted by Gasteiger charge is 2.40. The Balaban J connectivity index is 1.60. The van der Waals surface area contributed by atoms with Crippen LogP contribution >= 0.6 is 0 Å². The zero-order valence-corrected chi connectivity index (χ0v) is 17.2. The van der Waals surface area contributed by atoms with Gasteiger partial charge in [0.05, 0.1) is 22.7 Å². The molecule has 1 unspecified atom stereocenters. The Morgan fingerprint density at radius 1 is 1.10 bits per heavy atom. The highest BCUT2D eigenvalue weighted by Crippen LogP contribution is 2.41. The van der Waals surface area contributed by atoms with Gasteiger partial charge in [0.25, 0.3) is 0 Å². The number of amides is 1. The number of hydrogen-bond acceptors (Lipinski definition) is 5. The fourth-order valence-electron chi connectivity index (χ4n) is 4.12. The van der Waals surface area contributed by atoms with Gasteiger partial charge in [-0.1, -0.05) is 32.0 Å².